The van der Waals surface area contributed by atoms with E-state index in [0.717, 1.165) is 11.3 Å². The fourth-order valence-electron chi connectivity index (χ4n) is 5.59. The molecule has 0 radical (unpaired) electrons. The third-order valence-corrected chi connectivity index (χ3v) is 8.17. The lowest BCUT2D eigenvalue weighted by Crippen LogP contribution is -2.60. The van der Waals surface area contributed by atoms with Gasteiger partial charge in [-0.15, -0.1) is 0 Å². The van der Waals surface area contributed by atoms with Gasteiger partial charge in [-0.1, -0.05) is 6.08 Å². The molecule has 4 aliphatic rings. The molecule has 1 aliphatic carbocycles. The summed E-state index contributed by atoms with van der Waals surface area (Å²) in [6.07, 6.45) is 3.53. The Balaban J connectivity index is 1.61. The van der Waals surface area contributed by atoms with Crippen LogP contribution in [-0.4, -0.2) is 107 Å². The van der Waals surface area contributed by atoms with Crippen LogP contribution in [0.3, 0.4) is 0 Å². The summed E-state index contributed by atoms with van der Waals surface area (Å²) in [4.78, 5) is 0. The van der Waals surface area contributed by atoms with Crippen molar-refractivity contribution in [2.45, 2.75) is 30.7 Å². The number of benzene rings is 2. The van der Waals surface area contributed by atoms with Crippen LogP contribution in [0.2, 0.25) is 0 Å². The molecule has 1 saturated heterocycles. The van der Waals surface area contributed by atoms with Gasteiger partial charge in [-0.2, -0.15) is 0 Å². The molecule has 13 heteroatoms. The van der Waals surface area contributed by atoms with Crippen LogP contribution in [-0.2, 0) is 4.74 Å². The average Bonchev–Trinajstić information content (AvgIpc) is 3.08. The highest BCUT2D eigenvalue weighted by molar-refractivity contribution is 6.02. The van der Waals surface area contributed by atoms with Crippen LogP contribution in [0.1, 0.15) is 0 Å². The largest absolute Gasteiger partial charge is 0.508 e. The predicted octanol–water partition coefficient (Wildman–Crippen LogP) is 2.23. The second-order valence-corrected chi connectivity index (χ2v) is 11.5. The molecule has 0 aromatic heterocycles. The monoisotopic (exact) mass is 662 g/mol. The molecule has 0 saturated carbocycles. The van der Waals surface area contributed by atoms with Crippen molar-refractivity contribution in [3.63, 3.8) is 0 Å². The average molecular weight is 663 g/mol. The second kappa shape index (κ2) is 13.2. The minimum absolute atomic E-state index is 0.00176. The lowest BCUT2D eigenvalue weighted by atomic mass is 9.97. The third kappa shape index (κ3) is 6.05. The Morgan fingerprint density at radius 1 is 0.812 bits per heavy atom. The molecule has 2 aromatic rings. The number of nitrogens with zero attached hydrogens (tertiary/aromatic N) is 1. The number of methoxy groups -OCH3 is 2. The molecule has 0 spiro atoms. The van der Waals surface area contributed by atoms with Crippen molar-refractivity contribution in [1.29, 1.82) is 0 Å². The zero-order valence-electron chi connectivity index (χ0n) is 26.5. The second-order valence-electron chi connectivity index (χ2n) is 11.5. The number of phenols is 2. The number of phenolic OH excluding ortho intramolecular Hbond substituents is 2. The van der Waals surface area contributed by atoms with E-state index < -0.39 is 37.3 Å². The first-order chi connectivity index (χ1) is 23.0. The number of hydrogen-bond acceptors (Lipinski definition) is 12. The summed E-state index contributed by atoms with van der Waals surface area (Å²) in [7, 11) is 6.63. The number of aromatic hydroxyl groups is 2. The first-order valence-electron chi connectivity index (χ1n) is 15.0. The summed E-state index contributed by atoms with van der Waals surface area (Å²) >= 11 is 0. The van der Waals surface area contributed by atoms with Crippen LogP contribution in [0.15, 0.2) is 75.1 Å². The van der Waals surface area contributed by atoms with E-state index in [-0.39, 0.29) is 45.7 Å². The molecule has 3 heterocycles. The van der Waals surface area contributed by atoms with E-state index in [0.29, 0.717) is 22.1 Å². The molecule has 252 valence electrons. The smallest absolute Gasteiger partial charge is 0.229 e. The van der Waals surface area contributed by atoms with E-state index in [1.54, 1.807) is 12.1 Å². The number of hydrogen-bond donors (Lipinski definition) is 6. The molecule has 6 rings (SSSR count). The van der Waals surface area contributed by atoms with Crippen molar-refractivity contribution in [3.05, 3.63) is 71.7 Å². The van der Waals surface area contributed by atoms with E-state index in [1.807, 2.05) is 49.1 Å². The molecule has 2 aromatic carbocycles. The number of allylic oxidation sites excluding steroid dienone is 6. The van der Waals surface area contributed by atoms with Crippen molar-refractivity contribution in [3.8, 4) is 51.2 Å². The number of aliphatic hydroxyl groups excluding tert-OH is 4. The third-order valence-electron chi connectivity index (χ3n) is 8.17. The first-order valence-corrected chi connectivity index (χ1v) is 15.0. The van der Waals surface area contributed by atoms with Gasteiger partial charge in [0.15, 0.2) is 28.7 Å². The quantitative estimate of drug-likeness (QED) is 0.159. The van der Waals surface area contributed by atoms with Crippen molar-refractivity contribution in [1.82, 2.24) is 0 Å². The lowest BCUT2D eigenvalue weighted by Gasteiger charge is -2.40. The highest BCUT2D eigenvalue weighted by atomic mass is 16.7. The van der Waals surface area contributed by atoms with Gasteiger partial charge >= 0.3 is 0 Å². The maximum Gasteiger partial charge on any atom is 0.229 e. The van der Waals surface area contributed by atoms with Gasteiger partial charge < -0.3 is 58.4 Å². The topological polar surface area (TPSA) is 188 Å². The van der Waals surface area contributed by atoms with Gasteiger partial charge in [0.1, 0.15) is 60.8 Å². The minimum Gasteiger partial charge on any atom is -0.508 e. The number of rotatable bonds is 7. The summed E-state index contributed by atoms with van der Waals surface area (Å²) in [6.45, 7) is -0.666. The molecule has 48 heavy (non-hydrogen) atoms. The van der Waals surface area contributed by atoms with Crippen molar-refractivity contribution >= 4 is 23.0 Å². The van der Waals surface area contributed by atoms with E-state index >= 15 is 0 Å². The predicted molar refractivity (Wildman–Crippen MR) is 173 cm³/mol. The van der Waals surface area contributed by atoms with E-state index in [1.165, 1.54) is 38.5 Å². The van der Waals surface area contributed by atoms with Gasteiger partial charge in [0.05, 0.1) is 26.4 Å². The maximum absolute atomic E-state index is 10.9. The molecular weight excluding hydrogens is 626 g/mol. The van der Waals surface area contributed by atoms with Crippen LogP contribution in [0.5, 0.6) is 28.7 Å². The molecule has 0 bridgehead atoms. The minimum atomic E-state index is -1.74. The SMILES string of the molecule is COc1cc(-c2oc3cc(O)cc4oc(=CC=C5C=CC(=[N+](C)C)C=C5)cc(c2O[C@@H]2O[C@H](CO)[C@@H](O)[C@H](O)[C@H]2O)-c34)cc(OC)c1O. The molecule has 1 fully saturated rings. The summed E-state index contributed by atoms with van der Waals surface area (Å²) in [5, 5.41) is 62.9. The molecule has 0 unspecified atom stereocenters. The van der Waals surface area contributed by atoms with Crippen LogP contribution >= 0.6 is 0 Å². The molecule has 5 atom stereocenters. The first kappa shape index (κ1) is 32.9. The normalized spacial score (nSPS) is 22.8. The Bertz CT molecular complexity index is 1970. The Labute approximate surface area is 274 Å². The van der Waals surface area contributed by atoms with Crippen molar-refractivity contribution in [2.24, 2.45) is 0 Å². The van der Waals surface area contributed by atoms with Gasteiger partial charge in [-0.05, 0) is 42.0 Å². The Kier molecular flexibility index (Phi) is 9.05. The van der Waals surface area contributed by atoms with Crippen LogP contribution in [0.25, 0.3) is 39.7 Å². The van der Waals surface area contributed by atoms with Gasteiger partial charge in [-0.3, -0.25) is 0 Å². The Morgan fingerprint density at radius 2 is 1.46 bits per heavy atom. The number of aliphatic hydroxyl groups is 4. The Morgan fingerprint density at radius 3 is 2.06 bits per heavy atom. The summed E-state index contributed by atoms with van der Waals surface area (Å²) < 4.78 is 37.2. The molecule has 13 nitrogen and oxygen atoms in total. The molecule has 3 aliphatic heterocycles. The number of ether oxygens (including phenoxy) is 4. The van der Waals surface area contributed by atoms with E-state index in [9.17, 15) is 30.6 Å². The van der Waals surface area contributed by atoms with Crippen LogP contribution < -0.4 is 19.6 Å². The standard InChI is InChI=1S/C35H35NO12/c1-36(2)19-8-5-17(6-9-19)7-10-21-15-22-28-23(45-21)13-20(38)14-24(28)46-33(18-11-25(43-3)29(39)26(12-18)44-4)34(22)48-35-32(42)31(41)30(40)27(16-37)47-35/h5-15,27,30-32,35,37,40-42H,16H2,1-4H3,(H,38,39)/p+1/t27-,30-,31+,32-,35+/m1/s1. The Hall–Kier alpha value is -5.05. The molecule has 6 N–H and O–H groups in total. The summed E-state index contributed by atoms with van der Waals surface area (Å²) in [5.41, 5.74) is 3.79. The fraction of sp³-hybridized carbons (Fsp3) is 0.286. The van der Waals surface area contributed by atoms with Crippen molar-refractivity contribution in [2.75, 3.05) is 34.9 Å². The summed E-state index contributed by atoms with van der Waals surface area (Å²) in [6, 6.07) is 7.42. The highest BCUT2D eigenvalue weighted by Crippen LogP contribution is 2.49. The zero-order chi connectivity index (χ0) is 34.3. The maximum atomic E-state index is 10.9. The fourth-order valence-corrected chi connectivity index (χ4v) is 5.59. The van der Waals surface area contributed by atoms with Gasteiger partial charge in [-0.25, -0.2) is 4.58 Å². The molecular formula is C35H36NO12+. The van der Waals surface area contributed by atoms with Gasteiger partial charge in [0.25, 0.3) is 0 Å². The summed E-state index contributed by atoms with van der Waals surface area (Å²) in [5.74, 6) is -0.285. The zero-order valence-corrected chi connectivity index (χ0v) is 26.5. The lowest BCUT2D eigenvalue weighted by molar-refractivity contribution is -0.462. The molecule has 0 amide bonds. The highest BCUT2D eigenvalue weighted by Gasteiger charge is 2.45. The van der Waals surface area contributed by atoms with E-state index in [4.69, 9.17) is 27.8 Å². The van der Waals surface area contributed by atoms with Crippen LogP contribution in [0, 0.1) is 0 Å². The van der Waals surface area contributed by atoms with Gasteiger partial charge in [0.2, 0.25) is 12.0 Å². The van der Waals surface area contributed by atoms with Gasteiger partial charge in [0, 0.05) is 35.4 Å². The van der Waals surface area contributed by atoms with Crippen LogP contribution in [0.4, 0.5) is 0 Å². The van der Waals surface area contributed by atoms with E-state index in [2.05, 4.69) is 0 Å². The van der Waals surface area contributed by atoms with Crippen molar-refractivity contribution < 1.29 is 63.0 Å².